The topological polar surface area (TPSA) is 9.23 Å². The van der Waals surface area contributed by atoms with Gasteiger partial charge in [-0.3, -0.25) is 0 Å². The normalized spacial score (nSPS) is 12.1. The van der Waals surface area contributed by atoms with Gasteiger partial charge in [0, 0.05) is 12.1 Å². The van der Waals surface area contributed by atoms with Gasteiger partial charge >= 0.3 is 0 Å². The summed E-state index contributed by atoms with van der Waals surface area (Å²) in [7, 11) is 1.64. The van der Waals surface area contributed by atoms with E-state index in [2.05, 4.69) is 0 Å². The highest BCUT2D eigenvalue weighted by molar-refractivity contribution is 6.29. The lowest BCUT2D eigenvalue weighted by Crippen LogP contribution is -1.79. The molecule has 0 atom stereocenters. The van der Waals surface area contributed by atoms with E-state index in [1.54, 1.807) is 7.11 Å². The molecular weight excluding hydrogens is 112 g/mol. The molecule has 0 heterocycles. The maximum Gasteiger partial charge on any atom is 0.0657 e. The Labute approximate surface area is 48.9 Å². The van der Waals surface area contributed by atoms with Crippen LogP contribution < -0.4 is 0 Å². The Kier molecular flexibility index (Phi) is 4.15. The average Bonchev–Trinajstić information content (AvgIpc) is 1.61. The Morgan fingerprint density at radius 2 is 2.43 bits per heavy atom. The molecule has 0 rings (SSSR count). The monoisotopic (exact) mass is 120 g/mol. The standard InChI is InChI=1S/C5H9ClO/c1-5(6)3-4-7-2/h3H,4H2,1-2H3/b5-3-. The highest BCUT2D eigenvalue weighted by atomic mass is 35.5. The first kappa shape index (κ1) is 6.99. The van der Waals surface area contributed by atoms with Gasteiger partial charge in [-0.2, -0.15) is 0 Å². The van der Waals surface area contributed by atoms with E-state index in [1.165, 1.54) is 0 Å². The zero-order chi connectivity index (χ0) is 5.70. The minimum atomic E-state index is 0.606. The molecule has 0 unspecified atom stereocenters. The second-order valence-electron chi connectivity index (χ2n) is 1.25. The van der Waals surface area contributed by atoms with Gasteiger partial charge in [-0.15, -0.1) is 0 Å². The van der Waals surface area contributed by atoms with E-state index >= 15 is 0 Å². The molecule has 0 saturated heterocycles. The maximum absolute atomic E-state index is 5.44. The van der Waals surface area contributed by atoms with E-state index in [9.17, 15) is 0 Å². The second-order valence-corrected chi connectivity index (χ2v) is 1.84. The summed E-state index contributed by atoms with van der Waals surface area (Å²) in [6.45, 7) is 2.43. The zero-order valence-electron chi connectivity index (χ0n) is 4.57. The molecular formula is C5H9ClO. The smallest absolute Gasteiger partial charge is 0.0657 e. The predicted octanol–water partition coefficient (Wildman–Crippen LogP) is 1.78. The molecule has 2 heteroatoms. The summed E-state index contributed by atoms with van der Waals surface area (Å²) in [6.07, 6.45) is 1.81. The molecule has 0 aliphatic heterocycles. The van der Waals surface area contributed by atoms with Crippen LogP contribution in [0.4, 0.5) is 0 Å². The molecule has 0 aromatic carbocycles. The summed E-state index contributed by atoms with van der Waals surface area (Å²) >= 11 is 5.44. The third-order valence-corrected chi connectivity index (χ3v) is 0.686. The van der Waals surface area contributed by atoms with E-state index in [1.807, 2.05) is 13.0 Å². The molecule has 0 bridgehead atoms. The van der Waals surface area contributed by atoms with Crippen molar-refractivity contribution in [3.05, 3.63) is 11.1 Å². The molecule has 0 aromatic rings. The van der Waals surface area contributed by atoms with Crippen LogP contribution in [-0.4, -0.2) is 13.7 Å². The molecule has 0 fully saturated rings. The lowest BCUT2D eigenvalue weighted by atomic mass is 10.5. The van der Waals surface area contributed by atoms with Crippen LogP contribution in [0.2, 0.25) is 0 Å². The van der Waals surface area contributed by atoms with Crippen molar-refractivity contribution in [3.63, 3.8) is 0 Å². The highest BCUT2D eigenvalue weighted by Gasteiger charge is 1.74. The molecule has 1 nitrogen and oxygen atoms in total. The lowest BCUT2D eigenvalue weighted by Gasteiger charge is -1.86. The van der Waals surface area contributed by atoms with E-state index in [0.29, 0.717) is 6.61 Å². The SMILES string of the molecule is COC/C=C(/C)Cl. The van der Waals surface area contributed by atoms with Gasteiger partial charge in [0.1, 0.15) is 0 Å². The molecule has 42 valence electrons. The molecule has 0 saturated carbocycles. The minimum Gasteiger partial charge on any atom is -0.381 e. The van der Waals surface area contributed by atoms with Gasteiger partial charge in [-0.05, 0) is 13.0 Å². The van der Waals surface area contributed by atoms with Crippen LogP contribution in [0, 0.1) is 0 Å². The summed E-state index contributed by atoms with van der Waals surface area (Å²) in [5.41, 5.74) is 0. The third-order valence-electron chi connectivity index (χ3n) is 0.531. The van der Waals surface area contributed by atoms with Gasteiger partial charge in [0.05, 0.1) is 6.61 Å². The quantitative estimate of drug-likeness (QED) is 0.540. The van der Waals surface area contributed by atoms with E-state index in [0.717, 1.165) is 5.03 Å². The fraction of sp³-hybridized carbons (Fsp3) is 0.600. The number of hydrogen-bond donors (Lipinski definition) is 0. The lowest BCUT2D eigenvalue weighted by molar-refractivity contribution is 0.233. The largest absolute Gasteiger partial charge is 0.381 e. The Balaban J connectivity index is 3.08. The fourth-order valence-corrected chi connectivity index (χ4v) is 0.261. The minimum absolute atomic E-state index is 0.606. The van der Waals surface area contributed by atoms with E-state index < -0.39 is 0 Å². The summed E-state index contributed by atoms with van der Waals surface area (Å²) in [6, 6.07) is 0. The van der Waals surface area contributed by atoms with Gasteiger partial charge in [0.25, 0.3) is 0 Å². The van der Waals surface area contributed by atoms with Gasteiger partial charge in [-0.1, -0.05) is 11.6 Å². The molecule has 0 amide bonds. The van der Waals surface area contributed by atoms with Crippen LogP contribution in [0.1, 0.15) is 6.92 Å². The first-order chi connectivity index (χ1) is 3.27. The van der Waals surface area contributed by atoms with Crippen molar-refractivity contribution in [3.8, 4) is 0 Å². The first-order valence-corrected chi connectivity index (χ1v) is 2.46. The zero-order valence-corrected chi connectivity index (χ0v) is 5.33. The van der Waals surface area contributed by atoms with Gasteiger partial charge < -0.3 is 4.74 Å². The maximum atomic E-state index is 5.44. The Bertz CT molecular complexity index is 64.5. The predicted molar refractivity (Wildman–Crippen MR) is 31.5 cm³/mol. The van der Waals surface area contributed by atoms with Crippen LogP contribution in [-0.2, 0) is 4.74 Å². The van der Waals surface area contributed by atoms with Crippen LogP contribution in [0.25, 0.3) is 0 Å². The van der Waals surface area contributed by atoms with Gasteiger partial charge in [0.2, 0.25) is 0 Å². The van der Waals surface area contributed by atoms with E-state index in [4.69, 9.17) is 16.3 Å². The van der Waals surface area contributed by atoms with Crippen LogP contribution >= 0.6 is 11.6 Å². The van der Waals surface area contributed by atoms with Crippen molar-refractivity contribution in [1.29, 1.82) is 0 Å². The van der Waals surface area contributed by atoms with Crippen LogP contribution in [0.3, 0.4) is 0 Å². The number of hydrogen-bond acceptors (Lipinski definition) is 1. The van der Waals surface area contributed by atoms with Gasteiger partial charge in [-0.25, -0.2) is 0 Å². The fourth-order valence-electron chi connectivity index (χ4n) is 0.198. The van der Waals surface area contributed by atoms with Crippen molar-refractivity contribution in [1.82, 2.24) is 0 Å². The Morgan fingerprint density at radius 3 is 2.57 bits per heavy atom. The Hall–Kier alpha value is -0.0100. The molecule has 0 N–H and O–H groups in total. The molecule has 0 aliphatic rings. The number of rotatable bonds is 2. The van der Waals surface area contributed by atoms with Crippen molar-refractivity contribution in [2.45, 2.75) is 6.92 Å². The second kappa shape index (κ2) is 4.16. The molecule has 0 radical (unpaired) electrons. The summed E-state index contributed by atoms with van der Waals surface area (Å²) in [5.74, 6) is 0. The van der Waals surface area contributed by atoms with Crippen molar-refractivity contribution >= 4 is 11.6 Å². The van der Waals surface area contributed by atoms with Gasteiger partial charge in [0.15, 0.2) is 0 Å². The third kappa shape index (κ3) is 5.99. The van der Waals surface area contributed by atoms with Crippen molar-refractivity contribution < 1.29 is 4.74 Å². The molecule has 0 aliphatic carbocycles. The molecule has 0 spiro atoms. The summed E-state index contributed by atoms with van der Waals surface area (Å²) < 4.78 is 4.69. The number of halogens is 1. The highest BCUT2D eigenvalue weighted by Crippen LogP contribution is 1.95. The van der Waals surface area contributed by atoms with Crippen molar-refractivity contribution in [2.75, 3.05) is 13.7 Å². The number of ether oxygens (including phenoxy) is 1. The molecule has 0 aromatic heterocycles. The first-order valence-electron chi connectivity index (χ1n) is 2.08. The average molecular weight is 121 g/mol. The number of allylic oxidation sites excluding steroid dienone is 1. The molecule has 7 heavy (non-hydrogen) atoms. The summed E-state index contributed by atoms with van der Waals surface area (Å²) in [5, 5.41) is 0.779. The number of methoxy groups -OCH3 is 1. The van der Waals surface area contributed by atoms with Crippen molar-refractivity contribution in [2.24, 2.45) is 0 Å². The Morgan fingerprint density at radius 1 is 1.86 bits per heavy atom. The summed E-state index contributed by atoms with van der Waals surface area (Å²) in [4.78, 5) is 0. The van der Waals surface area contributed by atoms with Crippen LogP contribution in [0.5, 0.6) is 0 Å². The van der Waals surface area contributed by atoms with E-state index in [-0.39, 0.29) is 0 Å². The van der Waals surface area contributed by atoms with Crippen LogP contribution in [0.15, 0.2) is 11.1 Å².